The molecule has 0 spiro atoms. The maximum Gasteiger partial charge on any atom is 0.418 e. The molecule has 1 N–H and O–H groups in total. The first-order valence-electron chi connectivity index (χ1n) is 8.20. The van der Waals surface area contributed by atoms with Crippen LogP contribution >= 0.6 is 0 Å². The van der Waals surface area contributed by atoms with Gasteiger partial charge in [0.1, 0.15) is 6.61 Å². The minimum Gasteiger partial charge on any atom is -0.354 e. The summed E-state index contributed by atoms with van der Waals surface area (Å²) in [6.07, 6.45) is -6.73. The number of halogens is 3. The standard InChI is InChI=1S/C18H22F3N3O2/c1-12-13(2)23-24(14(12)3)10-9-22-16(25)11-26-17(18(19,20)21)15-7-5-4-6-8-15/h4-8,17H,9-11H2,1-3H3,(H,22,25). The first kappa shape index (κ1) is 20.0. The van der Waals surface area contributed by atoms with Gasteiger partial charge in [0.2, 0.25) is 5.91 Å². The number of alkyl halides is 3. The second-order valence-corrected chi connectivity index (χ2v) is 6.01. The van der Waals surface area contributed by atoms with E-state index in [-0.39, 0.29) is 12.1 Å². The number of hydrogen-bond donors (Lipinski definition) is 1. The van der Waals surface area contributed by atoms with Gasteiger partial charge in [0, 0.05) is 12.2 Å². The van der Waals surface area contributed by atoms with Crippen LogP contribution in [0.2, 0.25) is 0 Å². The fourth-order valence-electron chi connectivity index (χ4n) is 2.52. The molecule has 0 radical (unpaired) electrons. The lowest BCUT2D eigenvalue weighted by Crippen LogP contribution is -2.33. The second-order valence-electron chi connectivity index (χ2n) is 6.01. The molecule has 5 nitrogen and oxygen atoms in total. The fraction of sp³-hybridized carbons (Fsp3) is 0.444. The number of ether oxygens (including phenoxy) is 1. The molecule has 8 heteroatoms. The normalized spacial score (nSPS) is 12.8. The highest BCUT2D eigenvalue weighted by Crippen LogP contribution is 2.35. The molecule has 0 bridgehead atoms. The number of nitrogens with zero attached hydrogens (tertiary/aromatic N) is 2. The molecule has 1 amide bonds. The maximum absolute atomic E-state index is 13.1. The van der Waals surface area contributed by atoms with E-state index in [2.05, 4.69) is 10.4 Å². The van der Waals surface area contributed by atoms with Crippen molar-refractivity contribution in [2.45, 2.75) is 39.6 Å². The van der Waals surface area contributed by atoms with Gasteiger partial charge in [-0.05, 0) is 31.9 Å². The van der Waals surface area contributed by atoms with Crippen molar-refractivity contribution in [1.29, 1.82) is 0 Å². The Balaban J connectivity index is 1.85. The monoisotopic (exact) mass is 369 g/mol. The van der Waals surface area contributed by atoms with Crippen molar-refractivity contribution in [1.82, 2.24) is 15.1 Å². The molecule has 142 valence electrons. The zero-order valence-corrected chi connectivity index (χ0v) is 14.9. The van der Waals surface area contributed by atoms with Gasteiger partial charge in [0.15, 0.2) is 6.10 Å². The number of aryl methyl sites for hydroxylation is 1. The Hall–Kier alpha value is -2.35. The van der Waals surface area contributed by atoms with Crippen molar-refractivity contribution < 1.29 is 22.7 Å². The molecule has 0 saturated carbocycles. The maximum atomic E-state index is 13.1. The Morgan fingerprint density at radius 2 is 1.88 bits per heavy atom. The number of benzene rings is 1. The quantitative estimate of drug-likeness (QED) is 0.815. The minimum atomic E-state index is -4.59. The Bertz CT molecular complexity index is 742. The molecule has 0 aliphatic rings. The predicted molar refractivity (Wildman–Crippen MR) is 90.6 cm³/mol. The van der Waals surface area contributed by atoms with Crippen LogP contribution in [0.25, 0.3) is 0 Å². The van der Waals surface area contributed by atoms with Crippen molar-refractivity contribution in [3.05, 3.63) is 52.8 Å². The summed E-state index contributed by atoms with van der Waals surface area (Å²) in [5.41, 5.74) is 2.95. The van der Waals surface area contributed by atoms with Crippen LogP contribution in [0, 0.1) is 20.8 Å². The zero-order valence-electron chi connectivity index (χ0n) is 14.9. The molecule has 0 saturated heterocycles. The number of amides is 1. The van der Waals surface area contributed by atoms with Gasteiger partial charge in [0.05, 0.1) is 12.2 Å². The number of nitrogens with one attached hydrogen (secondary N) is 1. The van der Waals surface area contributed by atoms with E-state index in [9.17, 15) is 18.0 Å². The molecule has 1 heterocycles. The topological polar surface area (TPSA) is 56.2 Å². The van der Waals surface area contributed by atoms with Gasteiger partial charge in [-0.15, -0.1) is 0 Å². The van der Waals surface area contributed by atoms with Crippen molar-refractivity contribution >= 4 is 5.91 Å². The molecular weight excluding hydrogens is 347 g/mol. The summed E-state index contributed by atoms with van der Waals surface area (Å²) >= 11 is 0. The summed E-state index contributed by atoms with van der Waals surface area (Å²) in [4.78, 5) is 11.8. The number of aromatic nitrogens is 2. The van der Waals surface area contributed by atoms with E-state index >= 15 is 0 Å². The average molecular weight is 369 g/mol. The SMILES string of the molecule is Cc1nn(CCNC(=O)COC(c2ccccc2)C(F)(F)F)c(C)c1C. The van der Waals surface area contributed by atoms with Crippen LogP contribution in [0.1, 0.15) is 28.6 Å². The number of rotatable bonds is 7. The summed E-state index contributed by atoms with van der Waals surface area (Å²) in [6.45, 7) is 5.80. The van der Waals surface area contributed by atoms with Crippen LogP contribution in [0.3, 0.4) is 0 Å². The fourth-order valence-corrected chi connectivity index (χ4v) is 2.52. The van der Waals surface area contributed by atoms with E-state index in [1.54, 1.807) is 10.7 Å². The molecule has 1 unspecified atom stereocenters. The molecular formula is C18H22F3N3O2. The van der Waals surface area contributed by atoms with E-state index in [1.807, 2.05) is 20.8 Å². The largest absolute Gasteiger partial charge is 0.418 e. The summed E-state index contributed by atoms with van der Waals surface area (Å²) in [5.74, 6) is -0.603. The van der Waals surface area contributed by atoms with Gasteiger partial charge in [-0.2, -0.15) is 18.3 Å². The Kier molecular flexibility index (Phi) is 6.42. The third-order valence-corrected chi connectivity index (χ3v) is 4.17. The van der Waals surface area contributed by atoms with Crippen molar-refractivity contribution in [3.8, 4) is 0 Å². The van der Waals surface area contributed by atoms with E-state index in [4.69, 9.17) is 4.74 Å². The first-order chi connectivity index (χ1) is 12.2. The van der Waals surface area contributed by atoms with Crippen LogP contribution in [-0.2, 0) is 16.1 Å². The van der Waals surface area contributed by atoms with E-state index in [0.29, 0.717) is 6.54 Å². The van der Waals surface area contributed by atoms with Crippen molar-refractivity contribution in [2.75, 3.05) is 13.2 Å². The van der Waals surface area contributed by atoms with Gasteiger partial charge in [-0.1, -0.05) is 30.3 Å². The van der Waals surface area contributed by atoms with E-state index in [0.717, 1.165) is 17.0 Å². The summed E-state index contributed by atoms with van der Waals surface area (Å²) in [5, 5.41) is 6.89. The Labute approximate surface area is 150 Å². The molecule has 1 aromatic carbocycles. The first-order valence-corrected chi connectivity index (χ1v) is 8.20. The minimum absolute atomic E-state index is 0.0362. The number of carbonyl (C=O) groups excluding carboxylic acids is 1. The zero-order chi connectivity index (χ0) is 19.3. The molecule has 26 heavy (non-hydrogen) atoms. The summed E-state index contributed by atoms with van der Waals surface area (Å²) in [6, 6.07) is 7.24. The van der Waals surface area contributed by atoms with Crippen molar-refractivity contribution in [2.24, 2.45) is 0 Å². The van der Waals surface area contributed by atoms with Gasteiger partial charge in [-0.3, -0.25) is 9.48 Å². The van der Waals surface area contributed by atoms with Gasteiger partial charge in [-0.25, -0.2) is 0 Å². The number of hydrogen-bond acceptors (Lipinski definition) is 3. The van der Waals surface area contributed by atoms with Gasteiger partial charge >= 0.3 is 6.18 Å². The van der Waals surface area contributed by atoms with Gasteiger partial charge in [0.25, 0.3) is 0 Å². The van der Waals surface area contributed by atoms with Crippen molar-refractivity contribution in [3.63, 3.8) is 0 Å². The predicted octanol–water partition coefficient (Wildman–Crippen LogP) is 3.24. The molecule has 2 rings (SSSR count). The van der Waals surface area contributed by atoms with Crippen LogP contribution in [-0.4, -0.2) is 35.0 Å². The highest BCUT2D eigenvalue weighted by atomic mass is 19.4. The van der Waals surface area contributed by atoms with Crippen LogP contribution in [0.4, 0.5) is 13.2 Å². The van der Waals surface area contributed by atoms with Crippen LogP contribution in [0.15, 0.2) is 30.3 Å². The lowest BCUT2D eigenvalue weighted by Gasteiger charge is -2.21. The van der Waals surface area contributed by atoms with Crippen LogP contribution in [0.5, 0.6) is 0 Å². The molecule has 2 aromatic rings. The lowest BCUT2D eigenvalue weighted by atomic mass is 10.1. The molecule has 1 aromatic heterocycles. The highest BCUT2D eigenvalue weighted by Gasteiger charge is 2.42. The number of carbonyl (C=O) groups is 1. The van der Waals surface area contributed by atoms with Gasteiger partial charge < -0.3 is 10.1 Å². The third-order valence-electron chi connectivity index (χ3n) is 4.17. The van der Waals surface area contributed by atoms with E-state index in [1.165, 1.54) is 24.3 Å². The molecule has 0 aliphatic carbocycles. The third kappa shape index (κ3) is 5.08. The Morgan fingerprint density at radius 3 is 2.42 bits per heavy atom. The van der Waals surface area contributed by atoms with Crippen LogP contribution < -0.4 is 5.32 Å². The average Bonchev–Trinajstić information content (AvgIpc) is 2.82. The Morgan fingerprint density at radius 1 is 1.23 bits per heavy atom. The molecule has 0 fully saturated rings. The second kappa shape index (κ2) is 8.35. The highest BCUT2D eigenvalue weighted by molar-refractivity contribution is 5.77. The smallest absolute Gasteiger partial charge is 0.354 e. The van der Waals surface area contributed by atoms with E-state index < -0.39 is 24.8 Å². The molecule has 0 aliphatic heterocycles. The lowest BCUT2D eigenvalue weighted by molar-refractivity contribution is -0.223. The summed E-state index contributed by atoms with van der Waals surface area (Å²) < 4.78 is 46.0. The molecule has 1 atom stereocenters. The summed E-state index contributed by atoms with van der Waals surface area (Å²) in [7, 11) is 0.